The quantitative estimate of drug-likeness (QED) is 0.471. The highest BCUT2D eigenvalue weighted by atomic mass is 32.5. The first-order valence-electron chi connectivity index (χ1n) is 8.60. The van der Waals surface area contributed by atoms with E-state index in [2.05, 4.69) is 5.32 Å². The molecule has 2 aromatic carbocycles. The molecule has 0 radical (unpaired) electrons. The van der Waals surface area contributed by atoms with E-state index in [4.69, 9.17) is 10.00 Å². The van der Waals surface area contributed by atoms with Crippen molar-refractivity contribution in [3.05, 3.63) is 59.2 Å². The van der Waals surface area contributed by atoms with E-state index in [1.165, 1.54) is 6.07 Å². The summed E-state index contributed by atoms with van der Waals surface area (Å²) in [6.45, 7) is 0.235. The third-order valence-electron chi connectivity index (χ3n) is 4.13. The Hall–Kier alpha value is -3.52. The van der Waals surface area contributed by atoms with Crippen LogP contribution in [-0.2, 0) is 6.18 Å². The summed E-state index contributed by atoms with van der Waals surface area (Å²) in [6, 6.07) is 6.46. The van der Waals surface area contributed by atoms with Gasteiger partial charge in [0.25, 0.3) is 5.91 Å². The number of ether oxygens (including phenoxy) is 1. The summed E-state index contributed by atoms with van der Waals surface area (Å²) in [5.41, 5.74) is -4.09. The molecular formula is C19H13F8N3O2S. The summed E-state index contributed by atoms with van der Waals surface area (Å²) in [6.07, 6.45) is -4.90. The van der Waals surface area contributed by atoms with Gasteiger partial charge in [0.15, 0.2) is 5.54 Å². The van der Waals surface area contributed by atoms with Gasteiger partial charge in [-0.05, 0) is 49.4 Å². The second-order valence-electron chi connectivity index (χ2n) is 7.00. The number of nitrogens with zero attached hydrogens (tertiary/aromatic N) is 2. The number of hydrogen-bond acceptors (Lipinski definition) is 4. The molecule has 0 spiro atoms. The molecule has 0 fully saturated rings. The van der Waals surface area contributed by atoms with Gasteiger partial charge in [-0.2, -0.15) is 23.7 Å². The molecule has 0 bridgehead atoms. The van der Waals surface area contributed by atoms with Gasteiger partial charge < -0.3 is 10.1 Å². The Labute approximate surface area is 181 Å². The minimum absolute atomic E-state index is 0.00302. The van der Waals surface area contributed by atoms with Crippen LogP contribution in [0.4, 0.5) is 32.6 Å². The molecule has 2 aromatic rings. The fraction of sp³-hybridized carbons (Fsp3) is 0.211. The number of nitriles is 2. The molecule has 5 nitrogen and oxygen atoms in total. The Balaban J connectivity index is 2.22. The van der Waals surface area contributed by atoms with Crippen LogP contribution < -0.4 is 10.1 Å². The van der Waals surface area contributed by atoms with Gasteiger partial charge in [0.2, 0.25) is 0 Å². The van der Waals surface area contributed by atoms with Crippen LogP contribution in [0.15, 0.2) is 47.4 Å². The Kier molecular flexibility index (Phi) is 5.86. The van der Waals surface area contributed by atoms with Crippen LogP contribution in [0.5, 0.6) is 5.75 Å². The third kappa shape index (κ3) is 6.49. The number of hydrogen-bond donors (Lipinski definition) is 1. The number of rotatable bonds is 6. The van der Waals surface area contributed by atoms with Crippen LogP contribution in [0.3, 0.4) is 0 Å². The van der Waals surface area contributed by atoms with Crippen LogP contribution >= 0.6 is 10.2 Å². The number of carbonyl (C=O) groups excluding carboxylic acids is 1. The smallest absolute Gasteiger partial charge is 0.420 e. The molecule has 2 rings (SSSR count). The molecule has 0 aliphatic carbocycles. The molecule has 0 saturated carbocycles. The van der Waals surface area contributed by atoms with E-state index in [1.54, 1.807) is 6.07 Å². The third-order valence-corrected chi connectivity index (χ3v) is 5.29. The van der Waals surface area contributed by atoms with E-state index < -0.39 is 56.2 Å². The molecule has 0 aromatic heterocycles. The second kappa shape index (κ2) is 7.52. The topological polar surface area (TPSA) is 85.9 Å². The minimum Gasteiger partial charge on any atom is -0.489 e. The zero-order chi connectivity index (χ0) is 25.4. The molecule has 0 aliphatic rings. The first kappa shape index (κ1) is 25.7. The lowest BCUT2D eigenvalue weighted by Crippen LogP contribution is -2.49. The molecule has 0 heterocycles. The average Bonchev–Trinajstić information content (AvgIpc) is 2.70. The lowest BCUT2D eigenvalue weighted by molar-refractivity contribution is -0.139. The highest BCUT2D eigenvalue weighted by molar-refractivity contribution is 8.45. The lowest BCUT2D eigenvalue weighted by Gasteiger charge is -2.40. The maximum Gasteiger partial charge on any atom is 0.420 e. The highest BCUT2D eigenvalue weighted by Gasteiger charge is 2.65. The number of carbonyl (C=O) groups is 1. The van der Waals surface area contributed by atoms with Crippen molar-refractivity contribution in [3.63, 3.8) is 0 Å². The highest BCUT2D eigenvalue weighted by Crippen LogP contribution is 3.02. The summed E-state index contributed by atoms with van der Waals surface area (Å²) in [5, 5.41) is 20.2. The summed E-state index contributed by atoms with van der Waals surface area (Å²) in [5.74, 6) is -1.90. The number of halogens is 8. The second-order valence-corrected chi connectivity index (χ2v) is 9.41. The number of nitrogens with one attached hydrogen (secondary N) is 1. The van der Waals surface area contributed by atoms with E-state index in [9.17, 15) is 42.7 Å². The predicted octanol–water partition coefficient (Wildman–Crippen LogP) is 6.33. The molecule has 1 N–H and O–H groups in total. The predicted molar refractivity (Wildman–Crippen MR) is 101 cm³/mol. The van der Waals surface area contributed by atoms with Crippen LogP contribution in [0.1, 0.15) is 28.4 Å². The van der Waals surface area contributed by atoms with Gasteiger partial charge >= 0.3 is 16.4 Å². The SMILES string of the molecule is CC(C#N)(COc1ccc(C#N)cc1C(F)(F)F)NC(=O)c1ccc(S(F)(F)(F)(F)F)cc1. The normalized spacial score (nSPS) is 15.7. The van der Waals surface area contributed by atoms with Gasteiger partial charge in [0.05, 0.1) is 23.3 Å². The van der Waals surface area contributed by atoms with E-state index in [0.29, 0.717) is 18.2 Å². The summed E-state index contributed by atoms with van der Waals surface area (Å²) in [4.78, 5) is 10.0. The molecule has 0 saturated heterocycles. The van der Waals surface area contributed by atoms with Gasteiger partial charge in [-0.25, -0.2) is 0 Å². The Morgan fingerprint density at radius 1 is 1.03 bits per heavy atom. The summed E-state index contributed by atoms with van der Waals surface area (Å²) >= 11 is 0. The molecule has 14 heteroatoms. The van der Waals surface area contributed by atoms with Crippen molar-refractivity contribution in [3.8, 4) is 17.9 Å². The van der Waals surface area contributed by atoms with E-state index in [1.807, 2.05) is 0 Å². The summed E-state index contributed by atoms with van der Waals surface area (Å²) in [7, 11) is -9.95. The first-order chi connectivity index (χ1) is 14.8. The average molecular weight is 499 g/mol. The van der Waals surface area contributed by atoms with E-state index in [0.717, 1.165) is 19.1 Å². The summed E-state index contributed by atoms with van der Waals surface area (Å²) < 4.78 is 109. The van der Waals surface area contributed by atoms with Crippen molar-refractivity contribution in [1.29, 1.82) is 10.5 Å². The zero-order valence-corrected chi connectivity index (χ0v) is 17.2. The number of benzene rings is 2. The van der Waals surface area contributed by atoms with Crippen molar-refractivity contribution in [2.24, 2.45) is 0 Å². The van der Waals surface area contributed by atoms with Gasteiger partial charge in [-0.3, -0.25) is 4.79 Å². The van der Waals surface area contributed by atoms with Gasteiger partial charge in [-0.1, -0.05) is 19.4 Å². The Bertz CT molecular complexity index is 1170. The van der Waals surface area contributed by atoms with Crippen LogP contribution in [-0.4, -0.2) is 18.1 Å². The number of amides is 1. The van der Waals surface area contributed by atoms with Crippen molar-refractivity contribution >= 4 is 16.1 Å². The Morgan fingerprint density at radius 2 is 1.61 bits per heavy atom. The van der Waals surface area contributed by atoms with Gasteiger partial charge in [0, 0.05) is 5.56 Å². The molecule has 1 atom stereocenters. The molecule has 33 heavy (non-hydrogen) atoms. The van der Waals surface area contributed by atoms with Crippen molar-refractivity contribution in [1.82, 2.24) is 5.32 Å². The van der Waals surface area contributed by atoms with Crippen LogP contribution in [0, 0.1) is 22.7 Å². The molecule has 0 aliphatic heterocycles. The van der Waals surface area contributed by atoms with E-state index >= 15 is 0 Å². The first-order valence-corrected chi connectivity index (χ1v) is 10.6. The minimum atomic E-state index is -9.95. The van der Waals surface area contributed by atoms with Crippen molar-refractivity contribution in [2.75, 3.05) is 6.61 Å². The molecule has 178 valence electrons. The van der Waals surface area contributed by atoms with Crippen molar-refractivity contribution in [2.45, 2.75) is 23.5 Å². The maximum atomic E-state index is 13.2. The fourth-order valence-corrected chi connectivity index (χ4v) is 3.10. The van der Waals surface area contributed by atoms with Crippen LogP contribution in [0.25, 0.3) is 0 Å². The standard InChI is InChI=1S/C19H13F8N3O2S/c1-18(10-29,11-32-16-7-2-12(9-28)8-15(16)19(20,21)22)30-17(31)13-3-5-14(6-4-13)33(23,24,25,26)27/h2-8H,11H2,1H3,(H,30,31). The monoisotopic (exact) mass is 499 g/mol. The fourth-order valence-electron chi connectivity index (χ4n) is 2.45. The zero-order valence-electron chi connectivity index (χ0n) is 16.4. The molecule has 1 unspecified atom stereocenters. The maximum absolute atomic E-state index is 13.2. The number of alkyl halides is 3. The van der Waals surface area contributed by atoms with Crippen molar-refractivity contribution < 1.29 is 42.1 Å². The van der Waals surface area contributed by atoms with Gasteiger partial charge in [0.1, 0.15) is 17.3 Å². The lowest BCUT2D eigenvalue weighted by atomic mass is 10.0. The van der Waals surface area contributed by atoms with Crippen LogP contribution in [0.2, 0.25) is 0 Å². The Morgan fingerprint density at radius 3 is 2.06 bits per heavy atom. The molecule has 1 amide bonds. The largest absolute Gasteiger partial charge is 0.489 e. The molecular weight excluding hydrogens is 486 g/mol. The van der Waals surface area contributed by atoms with Gasteiger partial charge in [-0.15, -0.1) is 0 Å². The van der Waals surface area contributed by atoms with E-state index in [-0.39, 0.29) is 17.7 Å².